The Balaban J connectivity index is 2.30. The summed E-state index contributed by atoms with van der Waals surface area (Å²) in [5.41, 5.74) is 6.17. The van der Waals surface area contributed by atoms with E-state index in [-0.39, 0.29) is 25.2 Å². The number of aliphatic hydroxyl groups is 1. The van der Waals surface area contributed by atoms with Crippen molar-refractivity contribution in [3.8, 4) is 5.75 Å². The molecule has 4 N–H and O–H groups in total. The molecule has 1 aromatic rings. The van der Waals surface area contributed by atoms with Gasteiger partial charge < -0.3 is 20.9 Å². The molecule has 1 amide bonds. The van der Waals surface area contributed by atoms with Crippen molar-refractivity contribution in [3.63, 3.8) is 0 Å². The third-order valence-electron chi connectivity index (χ3n) is 2.22. The van der Waals surface area contributed by atoms with Crippen molar-refractivity contribution < 1.29 is 14.6 Å². The molecule has 0 radical (unpaired) electrons. The molecule has 0 bridgehead atoms. The fraction of sp³-hybridized carbons (Fsp3) is 0.417. The molecule has 1 aromatic carbocycles. The quantitative estimate of drug-likeness (QED) is 0.631. The smallest absolute Gasteiger partial charge is 0.258 e. The number of nitrogen functional groups attached to an aromatic ring is 1. The van der Waals surface area contributed by atoms with Crippen molar-refractivity contribution in [2.45, 2.75) is 19.4 Å². The molecular weight excluding hydrogens is 220 g/mol. The number of carbonyl (C=O) groups excluding carboxylic acids is 1. The van der Waals surface area contributed by atoms with E-state index in [9.17, 15) is 4.79 Å². The number of nitrogens with one attached hydrogen (secondary N) is 1. The van der Waals surface area contributed by atoms with E-state index in [0.717, 1.165) is 0 Å². The summed E-state index contributed by atoms with van der Waals surface area (Å²) in [4.78, 5) is 11.4. The van der Waals surface area contributed by atoms with E-state index in [1.165, 1.54) is 0 Å². The van der Waals surface area contributed by atoms with Crippen molar-refractivity contribution >= 4 is 11.6 Å². The second kappa shape index (κ2) is 6.75. The third kappa shape index (κ3) is 5.21. The highest BCUT2D eigenvalue weighted by Crippen LogP contribution is 2.12. The summed E-state index contributed by atoms with van der Waals surface area (Å²) in [6, 6.07) is 6.78. The average molecular weight is 238 g/mol. The number of anilines is 1. The molecule has 94 valence electrons. The first-order chi connectivity index (χ1) is 8.11. The van der Waals surface area contributed by atoms with Crippen molar-refractivity contribution in [3.05, 3.63) is 24.3 Å². The molecule has 0 spiro atoms. The SMILES string of the molecule is CC(CCO)NC(=O)COc1ccc(N)cc1. The maximum Gasteiger partial charge on any atom is 0.258 e. The van der Waals surface area contributed by atoms with Gasteiger partial charge in [0.25, 0.3) is 5.91 Å². The van der Waals surface area contributed by atoms with Gasteiger partial charge in [0.2, 0.25) is 0 Å². The lowest BCUT2D eigenvalue weighted by atomic mass is 10.2. The maximum atomic E-state index is 11.4. The van der Waals surface area contributed by atoms with Crippen LogP contribution in [0.15, 0.2) is 24.3 Å². The van der Waals surface area contributed by atoms with Crippen LogP contribution in [0.3, 0.4) is 0 Å². The second-order valence-corrected chi connectivity index (χ2v) is 3.84. The number of carbonyl (C=O) groups is 1. The summed E-state index contributed by atoms with van der Waals surface area (Å²) in [6.45, 7) is 1.84. The molecular formula is C12H18N2O3. The summed E-state index contributed by atoms with van der Waals surface area (Å²) in [7, 11) is 0. The van der Waals surface area contributed by atoms with Crippen LogP contribution in [0.4, 0.5) is 5.69 Å². The maximum absolute atomic E-state index is 11.4. The summed E-state index contributed by atoms with van der Waals surface area (Å²) in [6.07, 6.45) is 0.535. The van der Waals surface area contributed by atoms with Gasteiger partial charge in [-0.25, -0.2) is 0 Å². The van der Waals surface area contributed by atoms with Crippen LogP contribution in [-0.2, 0) is 4.79 Å². The van der Waals surface area contributed by atoms with Gasteiger partial charge in [-0.3, -0.25) is 4.79 Å². The van der Waals surface area contributed by atoms with Gasteiger partial charge in [-0.15, -0.1) is 0 Å². The number of ether oxygens (including phenoxy) is 1. The Morgan fingerprint density at radius 1 is 1.47 bits per heavy atom. The third-order valence-corrected chi connectivity index (χ3v) is 2.22. The van der Waals surface area contributed by atoms with Gasteiger partial charge >= 0.3 is 0 Å². The number of amides is 1. The normalized spacial score (nSPS) is 11.9. The lowest BCUT2D eigenvalue weighted by Crippen LogP contribution is -2.36. The Bertz CT molecular complexity index is 351. The number of hydrogen-bond donors (Lipinski definition) is 3. The molecule has 0 heterocycles. The predicted octanol–water partition coefficient (Wildman–Crippen LogP) is 0.535. The Kier molecular flexibility index (Phi) is 5.29. The summed E-state index contributed by atoms with van der Waals surface area (Å²) in [5, 5.41) is 11.4. The molecule has 0 fully saturated rings. The molecule has 0 aliphatic heterocycles. The van der Waals surface area contributed by atoms with E-state index in [1.807, 2.05) is 6.92 Å². The van der Waals surface area contributed by atoms with Gasteiger partial charge in [-0.05, 0) is 37.6 Å². The lowest BCUT2D eigenvalue weighted by molar-refractivity contribution is -0.123. The largest absolute Gasteiger partial charge is 0.484 e. The fourth-order valence-corrected chi connectivity index (χ4v) is 1.30. The van der Waals surface area contributed by atoms with E-state index >= 15 is 0 Å². The van der Waals surface area contributed by atoms with Crippen LogP contribution in [0, 0.1) is 0 Å². The standard InChI is InChI=1S/C12H18N2O3/c1-9(6-7-15)14-12(16)8-17-11-4-2-10(13)3-5-11/h2-5,9,15H,6-8,13H2,1H3,(H,14,16). The van der Waals surface area contributed by atoms with Crippen molar-refractivity contribution in [1.29, 1.82) is 0 Å². The first kappa shape index (κ1) is 13.3. The van der Waals surface area contributed by atoms with Crippen molar-refractivity contribution in [2.24, 2.45) is 0 Å². The van der Waals surface area contributed by atoms with Crippen molar-refractivity contribution in [2.75, 3.05) is 18.9 Å². The number of aliphatic hydroxyl groups excluding tert-OH is 1. The number of nitrogens with two attached hydrogens (primary N) is 1. The van der Waals surface area contributed by atoms with Gasteiger partial charge in [0.1, 0.15) is 5.75 Å². The molecule has 1 unspecified atom stereocenters. The first-order valence-electron chi connectivity index (χ1n) is 5.50. The van der Waals surface area contributed by atoms with Crippen molar-refractivity contribution in [1.82, 2.24) is 5.32 Å². The highest BCUT2D eigenvalue weighted by Gasteiger charge is 2.07. The highest BCUT2D eigenvalue weighted by atomic mass is 16.5. The van der Waals surface area contributed by atoms with E-state index < -0.39 is 0 Å². The molecule has 5 nitrogen and oxygen atoms in total. The molecule has 0 aliphatic carbocycles. The molecule has 1 rings (SSSR count). The van der Waals surface area contributed by atoms with Crippen LogP contribution >= 0.6 is 0 Å². The zero-order chi connectivity index (χ0) is 12.7. The second-order valence-electron chi connectivity index (χ2n) is 3.84. The minimum Gasteiger partial charge on any atom is -0.484 e. The topological polar surface area (TPSA) is 84.6 Å². The van der Waals surface area contributed by atoms with Gasteiger partial charge in [0.05, 0.1) is 0 Å². The molecule has 0 saturated heterocycles. The molecule has 17 heavy (non-hydrogen) atoms. The van der Waals surface area contributed by atoms with Crippen LogP contribution in [0.5, 0.6) is 5.75 Å². The number of rotatable bonds is 6. The Morgan fingerprint density at radius 3 is 2.71 bits per heavy atom. The highest BCUT2D eigenvalue weighted by molar-refractivity contribution is 5.77. The number of hydrogen-bond acceptors (Lipinski definition) is 4. The van der Waals surface area contributed by atoms with E-state index in [0.29, 0.717) is 17.9 Å². The Hall–Kier alpha value is -1.75. The van der Waals surface area contributed by atoms with E-state index in [1.54, 1.807) is 24.3 Å². The predicted molar refractivity (Wildman–Crippen MR) is 65.7 cm³/mol. The molecule has 1 atom stereocenters. The summed E-state index contributed by atoms with van der Waals surface area (Å²) >= 11 is 0. The van der Waals surface area contributed by atoms with Crippen LogP contribution in [0.2, 0.25) is 0 Å². The summed E-state index contributed by atoms with van der Waals surface area (Å²) in [5.74, 6) is 0.395. The molecule has 0 aliphatic rings. The monoisotopic (exact) mass is 238 g/mol. The minimum absolute atomic E-state index is 0.0420. The van der Waals surface area contributed by atoms with Crippen LogP contribution < -0.4 is 15.8 Å². The average Bonchev–Trinajstić information content (AvgIpc) is 2.28. The first-order valence-corrected chi connectivity index (χ1v) is 5.50. The van der Waals surface area contributed by atoms with Gasteiger partial charge in [-0.1, -0.05) is 0 Å². The number of benzene rings is 1. The fourth-order valence-electron chi connectivity index (χ4n) is 1.30. The van der Waals surface area contributed by atoms with Crippen LogP contribution in [0.25, 0.3) is 0 Å². The molecule has 0 saturated carbocycles. The lowest BCUT2D eigenvalue weighted by Gasteiger charge is -2.12. The van der Waals surface area contributed by atoms with E-state index in [4.69, 9.17) is 15.6 Å². The van der Waals surface area contributed by atoms with Gasteiger partial charge in [0.15, 0.2) is 6.61 Å². The van der Waals surface area contributed by atoms with E-state index in [2.05, 4.69) is 5.32 Å². The molecule has 0 aromatic heterocycles. The van der Waals surface area contributed by atoms with Gasteiger partial charge in [-0.2, -0.15) is 0 Å². The molecule has 5 heteroatoms. The zero-order valence-electron chi connectivity index (χ0n) is 9.85. The summed E-state index contributed by atoms with van der Waals surface area (Å²) < 4.78 is 5.27. The Morgan fingerprint density at radius 2 is 2.12 bits per heavy atom. The Labute approximate surface area is 101 Å². The minimum atomic E-state index is -0.206. The zero-order valence-corrected chi connectivity index (χ0v) is 9.85. The van der Waals surface area contributed by atoms with Crippen LogP contribution in [-0.4, -0.2) is 30.3 Å². The van der Waals surface area contributed by atoms with Crippen LogP contribution in [0.1, 0.15) is 13.3 Å². The van der Waals surface area contributed by atoms with Gasteiger partial charge in [0, 0.05) is 18.3 Å².